The minimum atomic E-state index is -0.505. The summed E-state index contributed by atoms with van der Waals surface area (Å²) in [5.41, 5.74) is 1.21. The van der Waals surface area contributed by atoms with E-state index in [4.69, 9.17) is 11.6 Å². The predicted molar refractivity (Wildman–Crippen MR) is 122 cm³/mol. The van der Waals surface area contributed by atoms with E-state index in [-0.39, 0.29) is 29.3 Å². The van der Waals surface area contributed by atoms with Gasteiger partial charge in [0, 0.05) is 24.2 Å². The maximum absolute atomic E-state index is 13.4. The Morgan fingerprint density at radius 3 is 2.30 bits per heavy atom. The first-order chi connectivity index (χ1) is 14.2. The van der Waals surface area contributed by atoms with E-state index in [2.05, 4.69) is 36.6 Å². The molecule has 1 heterocycles. The molecule has 0 aromatic heterocycles. The molecule has 5 nitrogen and oxygen atoms in total. The van der Waals surface area contributed by atoms with Crippen LogP contribution in [0, 0.1) is 11.3 Å². The highest BCUT2D eigenvalue weighted by atomic mass is 35.5. The van der Waals surface area contributed by atoms with Gasteiger partial charge >= 0.3 is 6.03 Å². The lowest BCUT2D eigenvalue weighted by Crippen LogP contribution is -2.57. The summed E-state index contributed by atoms with van der Waals surface area (Å²) in [5.74, 6) is 0.424. The van der Waals surface area contributed by atoms with E-state index in [1.165, 1.54) is 5.56 Å². The number of carbonyl (C=O) groups is 2. The third-order valence-electron chi connectivity index (χ3n) is 6.72. The number of piperidine rings is 1. The van der Waals surface area contributed by atoms with Crippen molar-refractivity contribution in [3.8, 4) is 0 Å². The molecule has 2 aliphatic rings. The molecule has 0 radical (unpaired) electrons. The minimum Gasteiger partial charge on any atom is -0.340 e. The van der Waals surface area contributed by atoms with Gasteiger partial charge in [-0.25, -0.2) is 4.79 Å². The van der Waals surface area contributed by atoms with Gasteiger partial charge in [0.25, 0.3) is 0 Å². The average molecular weight is 434 g/mol. The molecule has 1 aromatic rings. The largest absolute Gasteiger partial charge is 0.340 e. The first-order valence-corrected chi connectivity index (χ1v) is 11.7. The van der Waals surface area contributed by atoms with Gasteiger partial charge in [0.15, 0.2) is 0 Å². The van der Waals surface area contributed by atoms with Crippen molar-refractivity contribution in [2.24, 2.45) is 11.3 Å². The molecule has 30 heavy (non-hydrogen) atoms. The van der Waals surface area contributed by atoms with Gasteiger partial charge in [-0.05, 0) is 54.2 Å². The number of nitrogens with zero attached hydrogens (tertiary/aromatic N) is 1. The summed E-state index contributed by atoms with van der Waals surface area (Å²) in [6.45, 7) is 9.79. The van der Waals surface area contributed by atoms with Crippen LogP contribution in [0.4, 0.5) is 4.79 Å². The van der Waals surface area contributed by atoms with Gasteiger partial charge in [0.2, 0.25) is 5.91 Å². The number of amides is 3. The standard InChI is InChI=1S/C24H36ClN3O2/c1-16(2)21(27-23(30)26-19-7-5-6-8-19)22(29)28-14-13-20(24(3,4)15-28)17-9-11-18(25)12-10-17/h9-12,16,19-21H,5-8,13-15H2,1-4H3,(H2,26,27,30). The number of nitrogens with one attached hydrogen (secondary N) is 2. The molecule has 1 saturated carbocycles. The molecule has 1 aromatic carbocycles. The van der Waals surface area contributed by atoms with E-state index in [1.54, 1.807) is 0 Å². The van der Waals surface area contributed by atoms with Crippen molar-refractivity contribution >= 4 is 23.5 Å². The zero-order valence-corrected chi connectivity index (χ0v) is 19.5. The third kappa shape index (κ3) is 5.48. The van der Waals surface area contributed by atoms with Gasteiger partial charge in [0.05, 0.1) is 0 Å². The van der Waals surface area contributed by atoms with Gasteiger partial charge in [-0.3, -0.25) is 4.79 Å². The lowest BCUT2D eigenvalue weighted by Gasteiger charge is -2.45. The monoisotopic (exact) mass is 433 g/mol. The maximum atomic E-state index is 13.4. The molecule has 2 N–H and O–H groups in total. The van der Waals surface area contributed by atoms with Crippen LogP contribution >= 0.6 is 11.6 Å². The van der Waals surface area contributed by atoms with E-state index < -0.39 is 6.04 Å². The fraction of sp³-hybridized carbons (Fsp3) is 0.667. The second kappa shape index (κ2) is 9.59. The summed E-state index contributed by atoms with van der Waals surface area (Å²) in [5, 5.41) is 6.74. The van der Waals surface area contributed by atoms with E-state index in [1.807, 2.05) is 30.9 Å². The molecule has 1 saturated heterocycles. The Labute approximate surface area is 185 Å². The molecule has 3 rings (SSSR count). The Kier molecular flexibility index (Phi) is 7.33. The highest BCUT2D eigenvalue weighted by Crippen LogP contribution is 2.42. The second-order valence-corrected chi connectivity index (χ2v) is 10.4. The molecule has 0 bridgehead atoms. The third-order valence-corrected chi connectivity index (χ3v) is 6.98. The van der Waals surface area contributed by atoms with Crippen molar-refractivity contribution < 1.29 is 9.59 Å². The van der Waals surface area contributed by atoms with Crippen LogP contribution in [-0.2, 0) is 4.79 Å². The SMILES string of the molecule is CC(C)C(NC(=O)NC1CCCC1)C(=O)N1CCC(c2ccc(Cl)cc2)C(C)(C)C1. The Morgan fingerprint density at radius 2 is 1.73 bits per heavy atom. The van der Waals surface area contributed by atoms with Crippen LogP contribution < -0.4 is 10.6 Å². The van der Waals surface area contributed by atoms with Crippen LogP contribution in [0.5, 0.6) is 0 Å². The van der Waals surface area contributed by atoms with Crippen LogP contribution in [-0.4, -0.2) is 42.0 Å². The van der Waals surface area contributed by atoms with Crippen molar-refractivity contribution in [3.63, 3.8) is 0 Å². The Balaban J connectivity index is 1.64. The van der Waals surface area contributed by atoms with Crippen LogP contribution in [0.1, 0.15) is 71.3 Å². The summed E-state index contributed by atoms with van der Waals surface area (Å²) in [4.78, 5) is 27.8. The Hall–Kier alpha value is -1.75. The zero-order valence-electron chi connectivity index (χ0n) is 18.7. The van der Waals surface area contributed by atoms with Gasteiger partial charge in [0.1, 0.15) is 6.04 Å². The first-order valence-electron chi connectivity index (χ1n) is 11.3. The van der Waals surface area contributed by atoms with Crippen molar-refractivity contribution in [2.75, 3.05) is 13.1 Å². The Bertz CT molecular complexity index is 741. The van der Waals surface area contributed by atoms with Crippen molar-refractivity contribution in [2.45, 2.75) is 77.8 Å². The molecule has 2 fully saturated rings. The summed E-state index contributed by atoms with van der Waals surface area (Å²) in [6.07, 6.45) is 5.28. The summed E-state index contributed by atoms with van der Waals surface area (Å²) < 4.78 is 0. The quantitative estimate of drug-likeness (QED) is 0.690. The predicted octanol–water partition coefficient (Wildman–Crippen LogP) is 4.95. The van der Waals surface area contributed by atoms with Crippen LogP contribution in [0.25, 0.3) is 0 Å². The molecule has 0 spiro atoms. The molecule has 6 heteroatoms. The molecule has 2 atom stereocenters. The van der Waals surface area contributed by atoms with Crippen molar-refractivity contribution in [3.05, 3.63) is 34.9 Å². The molecule has 1 aliphatic carbocycles. The number of rotatable bonds is 5. The molecule has 2 unspecified atom stereocenters. The normalized spacial score (nSPS) is 22.7. The fourth-order valence-electron chi connectivity index (χ4n) is 5.01. The van der Waals surface area contributed by atoms with Gasteiger partial charge < -0.3 is 15.5 Å². The number of urea groups is 1. The average Bonchev–Trinajstić information content (AvgIpc) is 3.18. The second-order valence-electron chi connectivity index (χ2n) is 9.96. The van der Waals surface area contributed by atoms with E-state index >= 15 is 0 Å². The molecular formula is C24H36ClN3O2. The summed E-state index contributed by atoms with van der Waals surface area (Å²) in [6, 6.07) is 7.58. The van der Waals surface area contributed by atoms with Crippen LogP contribution in [0.3, 0.4) is 0 Å². The first kappa shape index (κ1) is 22.9. The zero-order chi connectivity index (χ0) is 21.9. The van der Waals surface area contributed by atoms with Crippen LogP contribution in [0.2, 0.25) is 5.02 Å². The molecule has 166 valence electrons. The van der Waals surface area contributed by atoms with E-state index in [9.17, 15) is 9.59 Å². The molecule has 3 amide bonds. The van der Waals surface area contributed by atoms with E-state index in [0.29, 0.717) is 19.0 Å². The maximum Gasteiger partial charge on any atom is 0.315 e. The number of hydrogen-bond acceptors (Lipinski definition) is 2. The fourth-order valence-corrected chi connectivity index (χ4v) is 5.13. The van der Waals surface area contributed by atoms with Crippen molar-refractivity contribution in [1.82, 2.24) is 15.5 Å². The molecular weight excluding hydrogens is 398 g/mol. The van der Waals surface area contributed by atoms with E-state index in [0.717, 1.165) is 37.1 Å². The Morgan fingerprint density at radius 1 is 1.10 bits per heavy atom. The lowest BCUT2D eigenvalue weighted by atomic mass is 9.70. The summed E-state index contributed by atoms with van der Waals surface area (Å²) in [7, 11) is 0. The van der Waals surface area contributed by atoms with Gasteiger partial charge in [-0.1, -0.05) is 64.3 Å². The van der Waals surface area contributed by atoms with Crippen LogP contribution in [0.15, 0.2) is 24.3 Å². The number of carbonyl (C=O) groups excluding carboxylic acids is 2. The smallest absolute Gasteiger partial charge is 0.315 e. The number of hydrogen-bond donors (Lipinski definition) is 2. The number of halogens is 1. The van der Waals surface area contributed by atoms with Crippen molar-refractivity contribution in [1.29, 1.82) is 0 Å². The summed E-state index contributed by atoms with van der Waals surface area (Å²) >= 11 is 6.05. The topological polar surface area (TPSA) is 61.4 Å². The highest BCUT2D eigenvalue weighted by Gasteiger charge is 2.40. The van der Waals surface area contributed by atoms with Gasteiger partial charge in [-0.15, -0.1) is 0 Å². The molecule has 1 aliphatic heterocycles. The number of benzene rings is 1. The minimum absolute atomic E-state index is 0.0224. The lowest BCUT2D eigenvalue weighted by molar-refractivity contribution is -0.137. The van der Waals surface area contributed by atoms with Gasteiger partial charge in [-0.2, -0.15) is 0 Å². The number of likely N-dealkylation sites (tertiary alicyclic amines) is 1. The highest BCUT2D eigenvalue weighted by molar-refractivity contribution is 6.30.